The Bertz CT molecular complexity index is 1710. The zero-order valence-electron chi connectivity index (χ0n) is 42.6. The smallest absolute Gasteiger partial charge is 0.321 e. The standard InChI is InChI=1S/C6H9N3O2.C6H13NO2.C5H11NO2S.3C5H9NO2.C4H8N2O3.2C3H7NO2S/c7-5(6(10)11)1-4-2-8-3-9-4;1-3-4(2)5(7)6(8)9;1-9-3-2-4(6)5(7)8;3*7-5(8)4-2-1-3-6-4;5-2(4(8)9)1-3(6)7;2*4-2(1-7)3(5)6/h2-3,5H,1,7H2,(H,8,9)(H,10,11);4-5H,3,7H2,1-2H3,(H,8,9);4H,2-3,6H2,1H3,(H,7,8);3*4,6H,1-3H2,(H,7,8);2H,1,5H2,(H2,6,7)(H,8,9);2*2,7H,1,4H2,(H,5,6)/t5-;4-,5-;4*4-;3*2-/m000000000/s1. The first-order valence-corrected chi connectivity index (χ1v) is 25.7. The van der Waals surface area contributed by atoms with Crippen LogP contribution in [0.5, 0.6) is 0 Å². The average molecular weight is 1160 g/mol. The van der Waals surface area contributed by atoms with Crippen molar-refractivity contribution < 1.29 is 93.9 Å². The second-order valence-corrected chi connectivity index (χ2v) is 17.7. The SMILES string of the molecule is CC[C@H](C)[C@H](N)C(=O)O.CSCC[C@H](N)C(=O)O.NC(=O)C[C@H](N)C(=O)O.N[C@@H](CS)C(=O)O.N[C@@H](CS)C(=O)O.N[C@@H](Cc1cnc[nH]1)C(=O)O.O=C(O)[C@@H]1CCCN1.O=C(O)[C@@H]1CCCN1.O=C(O)[C@@H]1CCCN1. The molecular formula is C42H82N12O19S3. The van der Waals surface area contributed by atoms with E-state index in [1.54, 1.807) is 18.0 Å². The van der Waals surface area contributed by atoms with Crippen LogP contribution in [0, 0.1) is 5.92 Å². The topological polar surface area (TPSA) is 600 Å². The van der Waals surface area contributed by atoms with E-state index in [4.69, 9.17) is 80.4 Å². The van der Waals surface area contributed by atoms with Crippen molar-refractivity contribution in [3.8, 4) is 0 Å². The van der Waals surface area contributed by atoms with Gasteiger partial charge in [-0.2, -0.15) is 37.0 Å². The van der Waals surface area contributed by atoms with Gasteiger partial charge < -0.3 is 107 Å². The Morgan fingerprint density at radius 1 is 0.605 bits per heavy atom. The molecule has 1 amide bonds. The number of imidazole rings is 1. The highest BCUT2D eigenvalue weighted by atomic mass is 32.2. The van der Waals surface area contributed by atoms with E-state index in [2.05, 4.69) is 56.9 Å². The molecule has 10 atom stereocenters. The van der Waals surface area contributed by atoms with Gasteiger partial charge in [0, 0.05) is 29.8 Å². The molecule has 0 bridgehead atoms. The van der Waals surface area contributed by atoms with Crippen molar-refractivity contribution in [3.63, 3.8) is 0 Å². The monoisotopic (exact) mass is 1150 g/mol. The number of aliphatic carboxylic acids is 9. The first kappa shape index (κ1) is 79.5. The maximum Gasteiger partial charge on any atom is 0.321 e. The second-order valence-electron chi connectivity index (χ2n) is 16.0. The minimum atomic E-state index is -1.21. The summed E-state index contributed by atoms with van der Waals surface area (Å²) in [6.45, 7) is 6.33. The number of amides is 1. The maximum absolute atomic E-state index is 10.3. The molecule has 0 radical (unpaired) electrons. The van der Waals surface area contributed by atoms with Crippen molar-refractivity contribution in [2.75, 3.05) is 43.1 Å². The van der Waals surface area contributed by atoms with E-state index < -0.39 is 95.9 Å². The van der Waals surface area contributed by atoms with Crippen LogP contribution in [0.2, 0.25) is 0 Å². The molecule has 1 aromatic heterocycles. The molecule has 3 saturated heterocycles. The van der Waals surface area contributed by atoms with Crippen LogP contribution >= 0.6 is 37.0 Å². The number of rotatable bonds is 20. The van der Waals surface area contributed by atoms with E-state index in [1.807, 2.05) is 20.1 Å². The molecule has 3 fully saturated rings. The number of thioether (sulfide) groups is 1. The Balaban J connectivity index is -0.000000250. The lowest BCUT2D eigenvalue weighted by Gasteiger charge is -2.11. The van der Waals surface area contributed by atoms with Gasteiger partial charge in [0.2, 0.25) is 5.91 Å². The molecule has 31 nitrogen and oxygen atoms in total. The molecule has 0 spiro atoms. The molecule has 0 aromatic carbocycles. The molecule has 0 unspecified atom stereocenters. The third-order valence-electron chi connectivity index (χ3n) is 9.65. The predicted molar refractivity (Wildman–Crippen MR) is 286 cm³/mol. The highest BCUT2D eigenvalue weighted by Crippen LogP contribution is 2.06. The Kier molecular flexibility index (Phi) is 51.4. The molecule has 27 N–H and O–H groups in total. The normalized spacial score (nSPS) is 18.3. The summed E-state index contributed by atoms with van der Waals surface area (Å²) < 4.78 is 0. The average Bonchev–Trinajstić information content (AvgIpc) is 4.23. The van der Waals surface area contributed by atoms with Gasteiger partial charge in [0.05, 0.1) is 12.7 Å². The van der Waals surface area contributed by atoms with E-state index in [1.165, 1.54) is 6.33 Å². The Labute approximate surface area is 454 Å². The molecule has 442 valence electrons. The molecule has 4 heterocycles. The van der Waals surface area contributed by atoms with E-state index >= 15 is 0 Å². The van der Waals surface area contributed by atoms with Crippen molar-refractivity contribution in [2.24, 2.45) is 46.1 Å². The Morgan fingerprint density at radius 2 is 0.961 bits per heavy atom. The second kappa shape index (κ2) is 49.2. The number of hydrogen-bond donors (Lipinski definition) is 22. The summed E-state index contributed by atoms with van der Waals surface area (Å²) in [6.07, 6.45) is 11.7. The molecule has 76 heavy (non-hydrogen) atoms. The van der Waals surface area contributed by atoms with Gasteiger partial charge in [0.25, 0.3) is 0 Å². The summed E-state index contributed by atoms with van der Waals surface area (Å²) in [5, 5.41) is 82.8. The quantitative estimate of drug-likeness (QED) is 0.0560. The molecule has 1 aromatic rings. The zero-order valence-corrected chi connectivity index (χ0v) is 45.2. The minimum absolute atomic E-state index is 0.0718. The molecule has 34 heteroatoms. The van der Waals surface area contributed by atoms with Crippen LogP contribution in [0.3, 0.4) is 0 Å². The number of H-pyrrole nitrogens is 1. The number of carbonyl (C=O) groups excluding carboxylic acids is 1. The molecule has 3 aliphatic rings. The van der Waals surface area contributed by atoms with Crippen molar-refractivity contribution in [1.29, 1.82) is 0 Å². The zero-order chi connectivity index (χ0) is 60.1. The van der Waals surface area contributed by atoms with Gasteiger partial charge >= 0.3 is 53.7 Å². The lowest BCUT2D eigenvalue weighted by atomic mass is 10.0. The van der Waals surface area contributed by atoms with Crippen LogP contribution in [-0.2, 0) is 54.4 Å². The number of carbonyl (C=O) groups is 10. The van der Waals surface area contributed by atoms with Crippen LogP contribution in [0.1, 0.15) is 77.3 Å². The first-order chi connectivity index (χ1) is 35.3. The Hall–Kier alpha value is -5.40. The lowest BCUT2D eigenvalue weighted by Crippen LogP contribution is -2.36. The summed E-state index contributed by atoms with van der Waals surface area (Å²) >= 11 is 8.90. The molecule has 3 aliphatic heterocycles. The van der Waals surface area contributed by atoms with Crippen molar-refractivity contribution in [3.05, 3.63) is 18.2 Å². The number of primary amides is 1. The van der Waals surface area contributed by atoms with Gasteiger partial charge in [0.1, 0.15) is 54.4 Å². The fourth-order valence-electron chi connectivity index (χ4n) is 4.73. The van der Waals surface area contributed by atoms with Crippen LogP contribution in [0.15, 0.2) is 12.5 Å². The molecular weight excluding hydrogens is 1070 g/mol. The summed E-state index contributed by atoms with van der Waals surface area (Å²) in [7, 11) is 0. The van der Waals surface area contributed by atoms with Crippen LogP contribution in [0.25, 0.3) is 0 Å². The fraction of sp³-hybridized carbons (Fsp3) is 0.690. The largest absolute Gasteiger partial charge is 0.480 e. The third-order valence-corrected chi connectivity index (χ3v) is 11.1. The van der Waals surface area contributed by atoms with Gasteiger partial charge in [-0.15, -0.1) is 0 Å². The summed E-state index contributed by atoms with van der Waals surface area (Å²) in [6, 6.07) is -5.84. The number of aromatic amines is 1. The van der Waals surface area contributed by atoms with E-state index in [-0.39, 0.29) is 48.4 Å². The summed E-state index contributed by atoms with van der Waals surface area (Å²) in [5.41, 5.74) is 35.9. The number of hydrogen-bond acceptors (Lipinski definition) is 23. The maximum atomic E-state index is 10.3. The van der Waals surface area contributed by atoms with Gasteiger partial charge in [0.15, 0.2) is 0 Å². The Morgan fingerprint density at radius 3 is 1.12 bits per heavy atom. The molecule has 4 rings (SSSR count). The molecule has 0 saturated carbocycles. The number of aromatic nitrogens is 2. The number of nitrogens with two attached hydrogens (primary N) is 7. The number of carboxylic acids is 9. The van der Waals surface area contributed by atoms with E-state index in [0.717, 1.165) is 76.0 Å². The van der Waals surface area contributed by atoms with Crippen LogP contribution in [0.4, 0.5) is 0 Å². The highest BCUT2D eigenvalue weighted by molar-refractivity contribution is 7.98. The highest BCUT2D eigenvalue weighted by Gasteiger charge is 2.22. The molecule has 0 aliphatic carbocycles. The van der Waals surface area contributed by atoms with E-state index in [0.29, 0.717) is 6.42 Å². The number of nitrogens with zero attached hydrogens (tertiary/aromatic N) is 1. The van der Waals surface area contributed by atoms with Gasteiger partial charge in [-0.25, -0.2) is 4.98 Å². The van der Waals surface area contributed by atoms with Gasteiger partial charge in [-0.3, -0.25) is 47.9 Å². The first-order valence-electron chi connectivity index (χ1n) is 23.0. The van der Waals surface area contributed by atoms with Crippen molar-refractivity contribution >= 4 is 96.7 Å². The van der Waals surface area contributed by atoms with Crippen molar-refractivity contribution in [2.45, 2.75) is 132 Å². The lowest BCUT2D eigenvalue weighted by molar-refractivity contribution is -0.140. The van der Waals surface area contributed by atoms with Crippen molar-refractivity contribution in [1.82, 2.24) is 25.9 Å². The minimum Gasteiger partial charge on any atom is -0.480 e. The number of thiol groups is 2. The van der Waals surface area contributed by atoms with Crippen LogP contribution in [-0.4, -0.2) is 213 Å². The summed E-state index contributed by atoms with van der Waals surface area (Å²) in [5.74, 6) is -7.65. The van der Waals surface area contributed by atoms with Gasteiger partial charge in [-0.05, 0) is 82.5 Å². The summed E-state index contributed by atoms with van der Waals surface area (Å²) in [4.78, 5) is 107. The number of carboxylic acid groups (broad SMARTS) is 9. The van der Waals surface area contributed by atoms with Crippen LogP contribution < -0.4 is 56.1 Å². The predicted octanol–water partition coefficient (Wildman–Crippen LogP) is -3.64. The fourth-order valence-corrected chi connectivity index (χ4v) is 5.53. The van der Waals surface area contributed by atoms with Gasteiger partial charge in [-0.1, -0.05) is 20.3 Å². The number of nitrogens with one attached hydrogen (secondary N) is 4. The third kappa shape index (κ3) is 48.3. The van der Waals surface area contributed by atoms with E-state index in [9.17, 15) is 47.9 Å².